The monoisotopic (exact) mass is 343 g/mol. The summed E-state index contributed by atoms with van der Waals surface area (Å²) in [5, 5.41) is 3.94. The van der Waals surface area contributed by atoms with Gasteiger partial charge in [-0.2, -0.15) is 0 Å². The maximum absolute atomic E-state index is 12.7. The van der Waals surface area contributed by atoms with Crippen molar-refractivity contribution in [2.45, 2.75) is 31.8 Å². The molecule has 2 atom stereocenters. The molecule has 1 aromatic heterocycles. The van der Waals surface area contributed by atoms with Crippen molar-refractivity contribution in [3.05, 3.63) is 47.1 Å². The molecule has 2 aromatic rings. The van der Waals surface area contributed by atoms with Crippen LogP contribution in [0.3, 0.4) is 0 Å². The molecule has 2 bridgehead atoms. The van der Waals surface area contributed by atoms with Gasteiger partial charge in [0.1, 0.15) is 5.69 Å². The number of halogens is 1. The van der Waals surface area contributed by atoms with Gasteiger partial charge in [0.15, 0.2) is 0 Å². The van der Waals surface area contributed by atoms with Gasteiger partial charge in [-0.25, -0.2) is 0 Å². The molecule has 5 heteroatoms. The van der Waals surface area contributed by atoms with Crippen LogP contribution in [0.5, 0.6) is 0 Å². The number of rotatable bonds is 3. The summed E-state index contributed by atoms with van der Waals surface area (Å²) in [5.41, 5.74) is 2.50. The van der Waals surface area contributed by atoms with Gasteiger partial charge in [0.05, 0.1) is 0 Å². The largest absolute Gasteiger partial charge is 0.351 e. The first-order valence-corrected chi connectivity index (χ1v) is 8.99. The van der Waals surface area contributed by atoms with Gasteiger partial charge < -0.3 is 10.3 Å². The van der Waals surface area contributed by atoms with E-state index in [1.54, 1.807) is 0 Å². The van der Waals surface area contributed by atoms with Crippen LogP contribution in [0.2, 0.25) is 5.02 Å². The van der Waals surface area contributed by atoms with Gasteiger partial charge >= 0.3 is 0 Å². The number of aromatic amines is 1. The van der Waals surface area contributed by atoms with Gasteiger partial charge in [0.25, 0.3) is 5.91 Å². The minimum Gasteiger partial charge on any atom is -0.351 e. The number of nitrogens with zero attached hydrogens (tertiary/aromatic N) is 1. The predicted octanol–water partition coefficient (Wildman–Crippen LogP) is 3.55. The van der Waals surface area contributed by atoms with Gasteiger partial charge in [0, 0.05) is 22.8 Å². The van der Waals surface area contributed by atoms with Crippen LogP contribution in [-0.2, 0) is 0 Å². The van der Waals surface area contributed by atoms with Crippen LogP contribution in [0.25, 0.3) is 11.3 Å². The maximum Gasteiger partial charge on any atom is 0.267 e. The van der Waals surface area contributed by atoms with Crippen molar-refractivity contribution in [3.63, 3.8) is 0 Å². The van der Waals surface area contributed by atoms with E-state index in [1.807, 2.05) is 36.4 Å². The van der Waals surface area contributed by atoms with Gasteiger partial charge in [-0.1, -0.05) is 23.7 Å². The van der Waals surface area contributed by atoms with Gasteiger partial charge in [-0.05, 0) is 68.6 Å². The fraction of sp³-hybridized carbons (Fsp3) is 0.421. The average Bonchev–Trinajstić information content (AvgIpc) is 3.09. The van der Waals surface area contributed by atoms with Crippen LogP contribution in [0.15, 0.2) is 36.4 Å². The van der Waals surface area contributed by atoms with Crippen molar-refractivity contribution in [1.29, 1.82) is 0 Å². The fourth-order valence-corrected chi connectivity index (χ4v) is 4.32. The summed E-state index contributed by atoms with van der Waals surface area (Å²) in [6, 6.07) is 12.1. The number of benzene rings is 1. The molecule has 0 unspecified atom stereocenters. The Balaban J connectivity index is 1.49. The Hall–Kier alpha value is -1.78. The summed E-state index contributed by atoms with van der Waals surface area (Å²) < 4.78 is 0. The Morgan fingerprint density at radius 2 is 2.04 bits per heavy atom. The lowest BCUT2D eigenvalue weighted by Crippen LogP contribution is -2.62. The van der Waals surface area contributed by atoms with E-state index in [0.717, 1.165) is 11.3 Å². The summed E-state index contributed by atoms with van der Waals surface area (Å²) in [6.07, 6.45) is 2.38. The van der Waals surface area contributed by atoms with E-state index in [1.165, 1.54) is 25.9 Å². The van der Waals surface area contributed by atoms with Crippen molar-refractivity contribution in [1.82, 2.24) is 15.2 Å². The summed E-state index contributed by atoms with van der Waals surface area (Å²) in [7, 11) is 0. The molecule has 24 heavy (non-hydrogen) atoms. The lowest BCUT2D eigenvalue weighted by atomic mass is 9.79. The Labute approximate surface area is 147 Å². The van der Waals surface area contributed by atoms with Gasteiger partial charge in [-0.15, -0.1) is 0 Å². The minimum absolute atomic E-state index is 0.0196. The summed E-state index contributed by atoms with van der Waals surface area (Å²) in [4.78, 5) is 18.4. The summed E-state index contributed by atoms with van der Waals surface area (Å²) in [5.74, 6) is 0.588. The quantitative estimate of drug-likeness (QED) is 0.895. The zero-order valence-electron chi connectivity index (χ0n) is 13.8. The second-order valence-electron chi connectivity index (χ2n) is 6.91. The number of carbonyl (C=O) groups is 1. The molecule has 3 aliphatic rings. The molecule has 0 saturated carbocycles. The molecule has 5 rings (SSSR count). The van der Waals surface area contributed by atoms with E-state index in [4.69, 9.17) is 11.6 Å². The Morgan fingerprint density at radius 1 is 1.25 bits per heavy atom. The van der Waals surface area contributed by atoms with E-state index < -0.39 is 0 Å². The zero-order valence-corrected chi connectivity index (χ0v) is 14.5. The van der Waals surface area contributed by atoms with Gasteiger partial charge in [0.2, 0.25) is 0 Å². The number of piperidine rings is 3. The zero-order chi connectivity index (χ0) is 16.7. The van der Waals surface area contributed by atoms with E-state index in [2.05, 4.69) is 22.1 Å². The van der Waals surface area contributed by atoms with Crippen LogP contribution in [0.1, 0.15) is 30.3 Å². The Morgan fingerprint density at radius 3 is 2.75 bits per heavy atom. The molecule has 3 aliphatic heterocycles. The molecular weight excluding hydrogens is 322 g/mol. The lowest BCUT2D eigenvalue weighted by molar-refractivity contribution is 0.0216. The van der Waals surface area contributed by atoms with Gasteiger partial charge in [-0.3, -0.25) is 9.69 Å². The maximum atomic E-state index is 12.7. The third-order valence-electron chi connectivity index (χ3n) is 5.54. The number of H-pyrrole nitrogens is 1. The first kappa shape index (κ1) is 15.7. The van der Waals surface area contributed by atoms with E-state index in [-0.39, 0.29) is 11.9 Å². The van der Waals surface area contributed by atoms with Crippen LogP contribution >= 0.6 is 11.6 Å². The third kappa shape index (κ3) is 2.85. The molecule has 4 nitrogen and oxygen atoms in total. The number of aromatic nitrogens is 1. The van der Waals surface area contributed by atoms with Crippen molar-refractivity contribution in [3.8, 4) is 11.3 Å². The van der Waals surface area contributed by atoms with Crippen molar-refractivity contribution in [2.24, 2.45) is 5.92 Å². The highest BCUT2D eigenvalue weighted by Crippen LogP contribution is 2.32. The van der Waals surface area contributed by atoms with Crippen molar-refractivity contribution >= 4 is 17.5 Å². The number of hydrogen-bond donors (Lipinski definition) is 2. The normalized spacial score (nSPS) is 28.8. The molecule has 0 spiro atoms. The van der Waals surface area contributed by atoms with Crippen molar-refractivity contribution in [2.75, 3.05) is 13.1 Å². The molecule has 1 aromatic carbocycles. The standard InChI is InChI=1S/C19H22ClN3O/c1-12-18(13-7-9-23(12)10-8-13)22-19(24)17-6-5-16(21-17)14-3-2-4-15(20)11-14/h2-6,11-13,18,21H,7-10H2,1H3,(H,22,24)/t12-,18-/m0/s1. The highest BCUT2D eigenvalue weighted by atomic mass is 35.5. The highest BCUT2D eigenvalue weighted by molar-refractivity contribution is 6.30. The number of carbonyl (C=O) groups excluding carboxylic acids is 1. The second kappa shape index (κ2) is 6.26. The SMILES string of the molecule is C[C@H]1[C@H](NC(=O)c2ccc(-c3cccc(Cl)c3)[nH]2)C2CCN1CC2. The molecule has 4 heterocycles. The predicted molar refractivity (Wildman–Crippen MR) is 96.3 cm³/mol. The lowest BCUT2D eigenvalue weighted by Gasteiger charge is -2.49. The molecule has 1 amide bonds. The smallest absolute Gasteiger partial charge is 0.267 e. The van der Waals surface area contributed by atoms with E-state index in [9.17, 15) is 4.79 Å². The summed E-state index contributed by atoms with van der Waals surface area (Å²) in [6.45, 7) is 4.56. The molecule has 2 N–H and O–H groups in total. The molecule has 0 aliphatic carbocycles. The van der Waals surface area contributed by atoms with Crippen LogP contribution in [-0.4, -0.2) is 41.0 Å². The molecule has 3 fully saturated rings. The van der Waals surface area contributed by atoms with E-state index >= 15 is 0 Å². The molecule has 0 radical (unpaired) electrons. The van der Waals surface area contributed by atoms with E-state index in [0.29, 0.717) is 22.7 Å². The first-order valence-electron chi connectivity index (χ1n) is 8.62. The second-order valence-corrected chi connectivity index (χ2v) is 7.35. The van der Waals surface area contributed by atoms with Crippen LogP contribution in [0, 0.1) is 5.92 Å². The topological polar surface area (TPSA) is 48.1 Å². The summed E-state index contributed by atoms with van der Waals surface area (Å²) >= 11 is 6.05. The van der Waals surface area contributed by atoms with Crippen LogP contribution in [0.4, 0.5) is 0 Å². The Kier molecular flexibility index (Phi) is 4.10. The third-order valence-corrected chi connectivity index (χ3v) is 5.78. The number of amides is 1. The highest BCUT2D eigenvalue weighted by Gasteiger charge is 2.40. The van der Waals surface area contributed by atoms with Crippen molar-refractivity contribution < 1.29 is 4.79 Å². The number of fused-ring (bicyclic) bond motifs is 3. The first-order chi connectivity index (χ1) is 11.6. The van der Waals surface area contributed by atoms with Crippen LogP contribution < -0.4 is 5.32 Å². The average molecular weight is 344 g/mol. The molecule has 3 saturated heterocycles. The fourth-order valence-electron chi connectivity index (χ4n) is 4.13. The minimum atomic E-state index is -0.0196. The number of hydrogen-bond acceptors (Lipinski definition) is 2. The number of nitrogens with one attached hydrogen (secondary N) is 2. The molecule has 126 valence electrons. The molecular formula is C19H22ClN3O. The Bertz CT molecular complexity index is 747.